The fourth-order valence-electron chi connectivity index (χ4n) is 2.61. The summed E-state index contributed by atoms with van der Waals surface area (Å²) in [4.78, 5) is 2.14. The first-order valence-corrected chi connectivity index (χ1v) is 6.73. The molecule has 1 aromatic carbocycles. The molecule has 1 atom stereocenters. The molecule has 2 nitrogen and oxygen atoms in total. The van der Waals surface area contributed by atoms with Gasteiger partial charge in [0.2, 0.25) is 0 Å². The van der Waals surface area contributed by atoms with E-state index in [0.29, 0.717) is 6.54 Å². The molecule has 1 aromatic rings. The van der Waals surface area contributed by atoms with Crippen LogP contribution in [0, 0.1) is 5.82 Å². The number of rotatable bonds is 2. The molecule has 1 unspecified atom stereocenters. The second kappa shape index (κ2) is 5.10. The zero-order chi connectivity index (χ0) is 14.1. The predicted octanol–water partition coefficient (Wildman–Crippen LogP) is 3.21. The Kier molecular flexibility index (Phi) is 3.28. The summed E-state index contributed by atoms with van der Waals surface area (Å²) in [6.45, 7) is 2.68. The van der Waals surface area contributed by atoms with Gasteiger partial charge in [0.25, 0.3) is 0 Å². The highest BCUT2D eigenvalue weighted by Crippen LogP contribution is 2.31. The van der Waals surface area contributed by atoms with Crippen molar-refractivity contribution in [3.8, 4) is 0 Å². The van der Waals surface area contributed by atoms with Gasteiger partial charge in [0.15, 0.2) is 0 Å². The second-order valence-corrected chi connectivity index (χ2v) is 5.13. The van der Waals surface area contributed by atoms with E-state index in [4.69, 9.17) is 5.73 Å². The van der Waals surface area contributed by atoms with Crippen molar-refractivity contribution in [2.45, 2.75) is 13.0 Å². The molecule has 2 aliphatic heterocycles. The molecule has 2 heterocycles. The van der Waals surface area contributed by atoms with Crippen LogP contribution >= 0.6 is 0 Å². The van der Waals surface area contributed by atoms with Gasteiger partial charge in [-0.25, -0.2) is 4.39 Å². The van der Waals surface area contributed by atoms with Gasteiger partial charge in [-0.3, -0.25) is 0 Å². The van der Waals surface area contributed by atoms with Gasteiger partial charge in [-0.15, -0.1) is 0 Å². The summed E-state index contributed by atoms with van der Waals surface area (Å²) >= 11 is 0. The monoisotopic (exact) mass is 268 g/mol. The third kappa shape index (κ3) is 2.32. The van der Waals surface area contributed by atoms with Gasteiger partial charge >= 0.3 is 0 Å². The maximum absolute atomic E-state index is 13.5. The van der Waals surface area contributed by atoms with Crippen LogP contribution in [0.15, 0.2) is 66.0 Å². The van der Waals surface area contributed by atoms with Crippen LogP contribution in [0.2, 0.25) is 0 Å². The third-order valence-electron chi connectivity index (χ3n) is 3.62. The topological polar surface area (TPSA) is 29.3 Å². The normalized spacial score (nSPS) is 18.9. The third-order valence-corrected chi connectivity index (χ3v) is 3.62. The van der Waals surface area contributed by atoms with E-state index in [1.165, 1.54) is 6.07 Å². The van der Waals surface area contributed by atoms with Gasteiger partial charge in [-0.2, -0.15) is 0 Å². The number of nitrogens with two attached hydrogens (primary N) is 1. The molecule has 0 aromatic heterocycles. The number of hydrogen-bond acceptors (Lipinski definition) is 2. The summed E-state index contributed by atoms with van der Waals surface area (Å²) < 4.78 is 13.5. The fourth-order valence-corrected chi connectivity index (χ4v) is 2.61. The number of nitrogens with zero attached hydrogens (tertiary/aromatic N) is 1. The molecule has 0 saturated heterocycles. The van der Waals surface area contributed by atoms with E-state index >= 15 is 0 Å². The average Bonchev–Trinajstić information content (AvgIpc) is 2.46. The van der Waals surface area contributed by atoms with E-state index in [1.54, 1.807) is 12.1 Å². The summed E-state index contributed by atoms with van der Waals surface area (Å²) in [5, 5.41) is 0. The number of fused-ring (bicyclic) bond motifs is 1. The van der Waals surface area contributed by atoms with Crippen LogP contribution in [0.4, 0.5) is 4.39 Å². The van der Waals surface area contributed by atoms with Crippen LogP contribution in [0.3, 0.4) is 0 Å². The summed E-state index contributed by atoms with van der Waals surface area (Å²) in [5.74, 6) is -0.220. The Labute approximate surface area is 118 Å². The van der Waals surface area contributed by atoms with Crippen molar-refractivity contribution in [2.75, 3.05) is 6.54 Å². The van der Waals surface area contributed by atoms with E-state index in [-0.39, 0.29) is 11.9 Å². The number of halogens is 1. The standard InChI is InChI=1S/C17H17FN2/c1-12(19)16-10-15-7-2-3-8-20(15)11-17(16)13-5-4-6-14(18)9-13/h2-10,12H,11,19H2,1H3. The summed E-state index contributed by atoms with van der Waals surface area (Å²) in [6, 6.07) is 6.62. The van der Waals surface area contributed by atoms with Gasteiger partial charge in [0, 0.05) is 24.5 Å². The van der Waals surface area contributed by atoms with Crippen LogP contribution in [0.1, 0.15) is 12.5 Å². The van der Waals surface area contributed by atoms with Crippen LogP contribution in [-0.4, -0.2) is 17.5 Å². The molecular formula is C17H17FN2. The van der Waals surface area contributed by atoms with Crippen molar-refractivity contribution in [3.63, 3.8) is 0 Å². The van der Waals surface area contributed by atoms with Crippen LogP contribution in [0.25, 0.3) is 5.57 Å². The lowest BCUT2D eigenvalue weighted by atomic mass is 9.91. The highest BCUT2D eigenvalue weighted by molar-refractivity contribution is 5.75. The molecule has 0 aliphatic carbocycles. The summed E-state index contributed by atoms with van der Waals surface area (Å²) in [7, 11) is 0. The molecule has 3 heteroatoms. The molecule has 2 aliphatic rings. The molecule has 102 valence electrons. The Morgan fingerprint density at radius 1 is 1.30 bits per heavy atom. The largest absolute Gasteiger partial charge is 0.344 e. The van der Waals surface area contributed by atoms with Crippen molar-refractivity contribution >= 4 is 5.57 Å². The van der Waals surface area contributed by atoms with Crippen molar-refractivity contribution in [1.82, 2.24) is 4.90 Å². The zero-order valence-corrected chi connectivity index (χ0v) is 11.4. The lowest BCUT2D eigenvalue weighted by Gasteiger charge is -2.32. The van der Waals surface area contributed by atoms with E-state index < -0.39 is 0 Å². The predicted molar refractivity (Wildman–Crippen MR) is 80.0 cm³/mol. The summed E-state index contributed by atoms with van der Waals surface area (Å²) in [5.41, 5.74) is 10.3. The van der Waals surface area contributed by atoms with Gasteiger partial charge in [0.1, 0.15) is 5.82 Å². The van der Waals surface area contributed by atoms with Crippen molar-refractivity contribution < 1.29 is 4.39 Å². The Balaban J connectivity index is 2.11. The molecule has 0 amide bonds. The Bertz CT molecular complexity index is 651. The highest BCUT2D eigenvalue weighted by Gasteiger charge is 2.21. The maximum atomic E-state index is 13.5. The second-order valence-electron chi connectivity index (χ2n) is 5.13. The number of hydrogen-bond donors (Lipinski definition) is 1. The average molecular weight is 268 g/mol. The molecule has 3 rings (SSSR count). The first-order valence-electron chi connectivity index (χ1n) is 6.73. The number of allylic oxidation sites excluding steroid dienone is 3. The van der Waals surface area contributed by atoms with Crippen molar-refractivity contribution in [3.05, 3.63) is 77.4 Å². The van der Waals surface area contributed by atoms with Gasteiger partial charge in [-0.05, 0) is 54.0 Å². The van der Waals surface area contributed by atoms with E-state index in [9.17, 15) is 4.39 Å². The molecule has 2 N–H and O–H groups in total. The first-order chi connectivity index (χ1) is 9.65. The smallest absolute Gasteiger partial charge is 0.123 e. The lowest BCUT2D eigenvalue weighted by Crippen LogP contribution is -2.29. The van der Waals surface area contributed by atoms with E-state index in [0.717, 1.165) is 22.4 Å². The van der Waals surface area contributed by atoms with E-state index in [2.05, 4.69) is 17.1 Å². The SMILES string of the molecule is CC(N)C1=C(c2cccc(F)c2)CN2C=CC=CC2=C1. The van der Waals surface area contributed by atoms with Crippen molar-refractivity contribution in [2.24, 2.45) is 5.73 Å². The molecular weight excluding hydrogens is 251 g/mol. The van der Waals surface area contributed by atoms with Gasteiger partial charge in [0.05, 0.1) is 0 Å². The minimum Gasteiger partial charge on any atom is -0.344 e. The minimum absolute atomic E-state index is 0.0813. The Hall–Kier alpha value is -2.13. The quantitative estimate of drug-likeness (QED) is 0.892. The molecule has 0 bridgehead atoms. The van der Waals surface area contributed by atoms with Crippen molar-refractivity contribution in [1.29, 1.82) is 0 Å². The maximum Gasteiger partial charge on any atom is 0.123 e. The summed E-state index contributed by atoms with van der Waals surface area (Å²) in [6.07, 6.45) is 10.2. The lowest BCUT2D eigenvalue weighted by molar-refractivity contribution is 0.525. The Morgan fingerprint density at radius 2 is 2.15 bits per heavy atom. The van der Waals surface area contributed by atoms with Gasteiger partial charge in [-0.1, -0.05) is 18.2 Å². The zero-order valence-electron chi connectivity index (χ0n) is 11.4. The van der Waals surface area contributed by atoms with Crippen LogP contribution in [-0.2, 0) is 0 Å². The molecule has 0 fully saturated rings. The van der Waals surface area contributed by atoms with Gasteiger partial charge < -0.3 is 10.6 Å². The fraction of sp³-hybridized carbons (Fsp3) is 0.176. The van der Waals surface area contributed by atoms with Crippen LogP contribution in [0.5, 0.6) is 0 Å². The first kappa shape index (κ1) is 12.9. The van der Waals surface area contributed by atoms with E-state index in [1.807, 2.05) is 31.3 Å². The van der Waals surface area contributed by atoms with Crippen LogP contribution < -0.4 is 5.73 Å². The molecule has 0 saturated carbocycles. The minimum atomic E-state index is -0.220. The molecule has 20 heavy (non-hydrogen) atoms. The molecule has 0 spiro atoms. The number of benzene rings is 1. The Morgan fingerprint density at radius 3 is 2.90 bits per heavy atom. The molecule has 0 radical (unpaired) electrons. The highest BCUT2D eigenvalue weighted by atomic mass is 19.1.